The van der Waals surface area contributed by atoms with Crippen LogP contribution in [0.1, 0.15) is 44.7 Å². The lowest BCUT2D eigenvalue weighted by Gasteiger charge is -2.10. The highest BCUT2D eigenvalue weighted by atomic mass is 14.1. The summed E-state index contributed by atoms with van der Waals surface area (Å²) in [5.74, 6) is 0.826. The maximum atomic E-state index is 2.34. The van der Waals surface area contributed by atoms with Crippen LogP contribution in [0.4, 0.5) is 0 Å². The minimum Gasteiger partial charge on any atom is -0.0654 e. The number of rotatable bonds is 5. The Morgan fingerprint density at radius 2 is 1.57 bits per heavy atom. The summed E-state index contributed by atoms with van der Waals surface area (Å²) in [6.45, 7) is 6.81. The fourth-order valence-electron chi connectivity index (χ4n) is 1.91. The fourth-order valence-corrected chi connectivity index (χ4v) is 1.91. The maximum absolute atomic E-state index is 2.34. The van der Waals surface area contributed by atoms with E-state index < -0.39 is 0 Å². The third kappa shape index (κ3) is 3.53. The van der Waals surface area contributed by atoms with Gasteiger partial charge in [-0.05, 0) is 29.9 Å². The van der Waals surface area contributed by atoms with Crippen LogP contribution in [0.15, 0.2) is 24.3 Å². The van der Waals surface area contributed by atoms with Crippen molar-refractivity contribution in [1.82, 2.24) is 0 Å². The van der Waals surface area contributed by atoms with E-state index in [1.807, 2.05) is 0 Å². The summed E-state index contributed by atoms with van der Waals surface area (Å²) >= 11 is 0. The molecule has 0 amide bonds. The quantitative estimate of drug-likeness (QED) is 0.652. The van der Waals surface area contributed by atoms with Crippen molar-refractivity contribution >= 4 is 0 Å². The molecule has 0 aliphatic carbocycles. The summed E-state index contributed by atoms with van der Waals surface area (Å²) in [4.78, 5) is 0. The zero-order valence-corrected chi connectivity index (χ0v) is 9.72. The molecule has 1 aromatic rings. The van der Waals surface area contributed by atoms with Gasteiger partial charge >= 0.3 is 0 Å². The number of hydrogen-bond acceptors (Lipinski definition) is 0. The lowest BCUT2D eigenvalue weighted by molar-refractivity contribution is 0.522. The number of hydrogen-bond donors (Lipinski definition) is 0. The van der Waals surface area contributed by atoms with E-state index in [1.54, 1.807) is 0 Å². The van der Waals surface area contributed by atoms with Gasteiger partial charge in [0.05, 0.1) is 0 Å². The molecule has 0 radical (unpaired) electrons. The van der Waals surface area contributed by atoms with Gasteiger partial charge in [-0.1, -0.05) is 57.9 Å². The van der Waals surface area contributed by atoms with E-state index in [0.717, 1.165) is 12.3 Å². The smallest absolute Gasteiger partial charge is 0.0253 e. The predicted octanol–water partition coefficient (Wildman–Crippen LogP) is 4.23. The number of aryl methyl sites for hydroxylation is 1. The van der Waals surface area contributed by atoms with Crippen LogP contribution in [0.3, 0.4) is 0 Å². The lowest BCUT2D eigenvalue weighted by atomic mass is 9.96. The first-order valence-corrected chi connectivity index (χ1v) is 5.84. The first kappa shape index (κ1) is 11.3. The van der Waals surface area contributed by atoms with Gasteiger partial charge in [0.1, 0.15) is 0 Å². The maximum Gasteiger partial charge on any atom is -0.0253 e. The van der Waals surface area contributed by atoms with Crippen molar-refractivity contribution in [3.05, 3.63) is 35.4 Å². The standard InChI is InChI=1S/C14H22/c1-4-6-12(3)11-14-9-7-13(5-2)8-10-14/h7-10,12H,4-6,11H2,1-3H3/t12-/m0/s1. The average Bonchev–Trinajstić information content (AvgIpc) is 2.19. The Bertz CT molecular complexity index is 245. The van der Waals surface area contributed by atoms with Crippen molar-refractivity contribution in [3.63, 3.8) is 0 Å². The molecule has 1 rings (SSSR count). The highest BCUT2D eigenvalue weighted by Gasteiger charge is 2.01. The van der Waals surface area contributed by atoms with Crippen LogP contribution in [0.2, 0.25) is 0 Å². The summed E-state index contributed by atoms with van der Waals surface area (Å²) < 4.78 is 0. The Labute approximate surface area is 88.4 Å². The van der Waals surface area contributed by atoms with E-state index in [-0.39, 0.29) is 0 Å². The molecule has 0 aliphatic heterocycles. The van der Waals surface area contributed by atoms with Crippen molar-refractivity contribution in [2.24, 2.45) is 5.92 Å². The molecular formula is C14H22. The molecule has 0 heteroatoms. The Kier molecular flexibility index (Phi) is 4.72. The van der Waals surface area contributed by atoms with Crippen LogP contribution in [-0.2, 0) is 12.8 Å². The zero-order valence-electron chi connectivity index (χ0n) is 9.72. The molecule has 0 saturated carbocycles. The Morgan fingerprint density at radius 1 is 1.00 bits per heavy atom. The van der Waals surface area contributed by atoms with Gasteiger partial charge in [-0.2, -0.15) is 0 Å². The van der Waals surface area contributed by atoms with Gasteiger partial charge < -0.3 is 0 Å². The highest BCUT2D eigenvalue weighted by Crippen LogP contribution is 2.14. The molecule has 0 unspecified atom stereocenters. The topological polar surface area (TPSA) is 0 Å². The first-order chi connectivity index (χ1) is 6.76. The summed E-state index contributed by atoms with van der Waals surface area (Å²) in [5, 5.41) is 0. The molecule has 0 nitrogen and oxygen atoms in total. The third-order valence-electron chi connectivity index (χ3n) is 2.80. The van der Waals surface area contributed by atoms with E-state index >= 15 is 0 Å². The van der Waals surface area contributed by atoms with Gasteiger partial charge in [0, 0.05) is 0 Å². The van der Waals surface area contributed by atoms with Crippen molar-refractivity contribution in [3.8, 4) is 0 Å². The summed E-state index contributed by atoms with van der Waals surface area (Å²) in [6, 6.07) is 9.08. The molecule has 78 valence electrons. The molecule has 0 bridgehead atoms. The van der Waals surface area contributed by atoms with Crippen LogP contribution < -0.4 is 0 Å². The van der Waals surface area contributed by atoms with Crippen molar-refractivity contribution < 1.29 is 0 Å². The second-order valence-electron chi connectivity index (χ2n) is 4.27. The van der Waals surface area contributed by atoms with Crippen LogP contribution >= 0.6 is 0 Å². The molecule has 0 fully saturated rings. The molecule has 0 saturated heterocycles. The SMILES string of the molecule is CCC[C@H](C)Cc1ccc(CC)cc1. The molecule has 0 aliphatic rings. The molecule has 1 atom stereocenters. The molecule has 14 heavy (non-hydrogen) atoms. The lowest BCUT2D eigenvalue weighted by Crippen LogP contribution is -1.99. The van der Waals surface area contributed by atoms with Gasteiger partial charge in [-0.25, -0.2) is 0 Å². The second-order valence-corrected chi connectivity index (χ2v) is 4.27. The summed E-state index contributed by atoms with van der Waals surface area (Å²) in [6.07, 6.45) is 5.02. The highest BCUT2D eigenvalue weighted by molar-refractivity contribution is 5.22. The molecule has 0 N–H and O–H groups in total. The number of benzene rings is 1. The van der Waals surface area contributed by atoms with Crippen LogP contribution in [-0.4, -0.2) is 0 Å². The van der Waals surface area contributed by atoms with Crippen LogP contribution in [0, 0.1) is 5.92 Å². The normalized spacial score (nSPS) is 12.8. The fraction of sp³-hybridized carbons (Fsp3) is 0.571. The van der Waals surface area contributed by atoms with Crippen molar-refractivity contribution in [2.45, 2.75) is 46.5 Å². The Balaban J connectivity index is 2.50. The van der Waals surface area contributed by atoms with E-state index in [2.05, 4.69) is 45.0 Å². The van der Waals surface area contributed by atoms with Gasteiger partial charge in [-0.15, -0.1) is 0 Å². The van der Waals surface area contributed by atoms with E-state index in [1.165, 1.54) is 30.4 Å². The van der Waals surface area contributed by atoms with Gasteiger partial charge in [-0.3, -0.25) is 0 Å². The second kappa shape index (κ2) is 5.85. The largest absolute Gasteiger partial charge is 0.0654 e. The summed E-state index contributed by atoms with van der Waals surface area (Å²) in [5.41, 5.74) is 2.93. The predicted molar refractivity (Wildman–Crippen MR) is 63.6 cm³/mol. The van der Waals surface area contributed by atoms with E-state index in [4.69, 9.17) is 0 Å². The monoisotopic (exact) mass is 190 g/mol. The van der Waals surface area contributed by atoms with Crippen molar-refractivity contribution in [2.75, 3.05) is 0 Å². The van der Waals surface area contributed by atoms with E-state index in [9.17, 15) is 0 Å². The van der Waals surface area contributed by atoms with Gasteiger partial charge in [0.15, 0.2) is 0 Å². The Hall–Kier alpha value is -0.780. The van der Waals surface area contributed by atoms with Gasteiger partial charge in [0.2, 0.25) is 0 Å². The minimum absolute atomic E-state index is 0.826. The van der Waals surface area contributed by atoms with Crippen LogP contribution in [0.25, 0.3) is 0 Å². The molecule has 0 spiro atoms. The molecule has 0 heterocycles. The van der Waals surface area contributed by atoms with Crippen molar-refractivity contribution in [1.29, 1.82) is 0 Å². The molecule has 0 aromatic heterocycles. The minimum atomic E-state index is 0.826. The third-order valence-corrected chi connectivity index (χ3v) is 2.80. The zero-order chi connectivity index (χ0) is 10.4. The molecular weight excluding hydrogens is 168 g/mol. The van der Waals surface area contributed by atoms with E-state index in [0.29, 0.717) is 0 Å². The molecule has 1 aromatic carbocycles. The average molecular weight is 190 g/mol. The Morgan fingerprint density at radius 3 is 2.07 bits per heavy atom. The summed E-state index contributed by atoms with van der Waals surface area (Å²) in [7, 11) is 0. The van der Waals surface area contributed by atoms with Gasteiger partial charge in [0.25, 0.3) is 0 Å². The first-order valence-electron chi connectivity index (χ1n) is 5.84. The van der Waals surface area contributed by atoms with Crippen LogP contribution in [0.5, 0.6) is 0 Å².